The predicted molar refractivity (Wildman–Crippen MR) is 69.0 cm³/mol. The summed E-state index contributed by atoms with van der Waals surface area (Å²) < 4.78 is 5.84. The summed E-state index contributed by atoms with van der Waals surface area (Å²) >= 11 is 0. The maximum atomic E-state index is 10.4. The van der Waals surface area contributed by atoms with Crippen LogP contribution in [0.5, 0.6) is 0 Å². The lowest BCUT2D eigenvalue weighted by Crippen LogP contribution is -2.31. The van der Waals surface area contributed by atoms with E-state index in [4.69, 9.17) is 4.74 Å². The third-order valence-corrected chi connectivity index (χ3v) is 3.97. The van der Waals surface area contributed by atoms with Crippen molar-refractivity contribution in [1.82, 2.24) is 0 Å². The maximum Gasteiger partial charge on any atom is 0.0855 e. The van der Waals surface area contributed by atoms with Crippen molar-refractivity contribution in [3.05, 3.63) is 35.4 Å². The smallest absolute Gasteiger partial charge is 0.0855 e. The average molecular weight is 234 g/mol. The monoisotopic (exact) mass is 234 g/mol. The molecule has 0 amide bonds. The normalized spacial score (nSPS) is 20.1. The summed E-state index contributed by atoms with van der Waals surface area (Å²) in [5.41, 5.74) is 2.05. The zero-order valence-corrected chi connectivity index (χ0v) is 10.8. The van der Waals surface area contributed by atoms with E-state index in [1.54, 1.807) is 0 Å². The molecular formula is C15H22O2. The molecule has 0 aromatic heterocycles. The fourth-order valence-corrected chi connectivity index (χ4v) is 2.53. The lowest BCUT2D eigenvalue weighted by molar-refractivity contribution is -0.0500. The molecular weight excluding hydrogens is 212 g/mol. The first-order valence-electron chi connectivity index (χ1n) is 6.60. The molecule has 2 nitrogen and oxygen atoms in total. The topological polar surface area (TPSA) is 29.5 Å². The second-order valence-electron chi connectivity index (χ2n) is 4.94. The summed E-state index contributed by atoms with van der Waals surface area (Å²) in [5, 5.41) is 10.4. The van der Waals surface area contributed by atoms with Crippen LogP contribution in [0.1, 0.15) is 50.3 Å². The maximum absolute atomic E-state index is 10.4. The molecule has 2 heteroatoms. The molecule has 0 spiro atoms. The number of rotatable bonds is 4. The van der Waals surface area contributed by atoms with Gasteiger partial charge in [-0.15, -0.1) is 0 Å². The minimum Gasteiger partial charge on any atom is -0.390 e. The van der Waals surface area contributed by atoms with E-state index in [1.807, 2.05) is 13.8 Å². The van der Waals surface area contributed by atoms with Crippen molar-refractivity contribution < 1.29 is 9.84 Å². The van der Waals surface area contributed by atoms with Gasteiger partial charge in [0.25, 0.3) is 0 Å². The quantitative estimate of drug-likeness (QED) is 0.866. The van der Waals surface area contributed by atoms with Crippen LogP contribution in [0.4, 0.5) is 0 Å². The second kappa shape index (κ2) is 5.19. The molecule has 1 aromatic carbocycles. The largest absolute Gasteiger partial charge is 0.390 e. The Bertz CT molecular complexity index is 369. The summed E-state index contributed by atoms with van der Waals surface area (Å²) in [7, 11) is 0. The molecule has 1 unspecified atom stereocenters. The van der Waals surface area contributed by atoms with Gasteiger partial charge in [0.1, 0.15) is 0 Å². The van der Waals surface area contributed by atoms with Crippen molar-refractivity contribution in [2.75, 3.05) is 6.61 Å². The number of fused-ring (bicyclic) bond motifs is 1. The summed E-state index contributed by atoms with van der Waals surface area (Å²) in [6, 6.07) is 8.43. The van der Waals surface area contributed by atoms with Gasteiger partial charge in [-0.25, -0.2) is 0 Å². The van der Waals surface area contributed by atoms with E-state index < -0.39 is 5.60 Å². The Morgan fingerprint density at radius 2 is 2.00 bits per heavy atom. The van der Waals surface area contributed by atoms with Gasteiger partial charge in [-0.1, -0.05) is 38.1 Å². The van der Waals surface area contributed by atoms with Crippen molar-refractivity contribution in [2.24, 2.45) is 0 Å². The van der Waals surface area contributed by atoms with Crippen LogP contribution in [-0.4, -0.2) is 17.3 Å². The van der Waals surface area contributed by atoms with E-state index in [-0.39, 0.29) is 6.10 Å². The van der Waals surface area contributed by atoms with E-state index in [1.165, 1.54) is 11.1 Å². The zero-order valence-electron chi connectivity index (χ0n) is 10.8. The van der Waals surface area contributed by atoms with Gasteiger partial charge in [0.05, 0.1) is 18.3 Å². The van der Waals surface area contributed by atoms with Gasteiger partial charge in [0.2, 0.25) is 0 Å². The average Bonchev–Trinajstić information content (AvgIpc) is 2.39. The van der Waals surface area contributed by atoms with Crippen molar-refractivity contribution >= 4 is 0 Å². The molecule has 1 atom stereocenters. The number of aliphatic hydroxyl groups is 1. The van der Waals surface area contributed by atoms with E-state index >= 15 is 0 Å². The molecule has 1 N–H and O–H groups in total. The second-order valence-corrected chi connectivity index (χ2v) is 4.94. The van der Waals surface area contributed by atoms with E-state index in [9.17, 15) is 5.11 Å². The standard InChI is InChI=1S/C15H22O2/c1-3-15(16,4-2)11-14-13-8-6-5-7-12(13)9-10-17-14/h5-8,14,16H,3-4,9-11H2,1-2H3. The summed E-state index contributed by atoms with van der Waals surface area (Å²) in [6.45, 7) is 4.85. The molecule has 0 aliphatic carbocycles. The molecule has 0 bridgehead atoms. The van der Waals surface area contributed by atoms with Gasteiger partial charge in [-0.05, 0) is 30.4 Å². The molecule has 0 radical (unpaired) electrons. The van der Waals surface area contributed by atoms with Crippen LogP contribution in [0.15, 0.2) is 24.3 Å². The van der Waals surface area contributed by atoms with Crippen molar-refractivity contribution in [2.45, 2.75) is 51.2 Å². The van der Waals surface area contributed by atoms with Crippen LogP contribution < -0.4 is 0 Å². The number of ether oxygens (including phenoxy) is 1. The van der Waals surface area contributed by atoms with Crippen LogP contribution >= 0.6 is 0 Å². The highest BCUT2D eigenvalue weighted by atomic mass is 16.5. The summed E-state index contributed by atoms with van der Waals surface area (Å²) in [5.74, 6) is 0. The predicted octanol–water partition coefficient (Wildman–Crippen LogP) is 3.24. The Morgan fingerprint density at radius 3 is 2.71 bits per heavy atom. The SMILES string of the molecule is CCC(O)(CC)CC1OCCc2ccccc21. The highest BCUT2D eigenvalue weighted by Gasteiger charge is 2.30. The number of benzene rings is 1. The van der Waals surface area contributed by atoms with Crippen molar-refractivity contribution in [3.8, 4) is 0 Å². The van der Waals surface area contributed by atoms with E-state index in [2.05, 4.69) is 24.3 Å². The Morgan fingerprint density at radius 1 is 1.29 bits per heavy atom. The Hall–Kier alpha value is -0.860. The van der Waals surface area contributed by atoms with Gasteiger partial charge in [0, 0.05) is 6.42 Å². The van der Waals surface area contributed by atoms with Gasteiger partial charge < -0.3 is 9.84 Å². The first kappa shape index (κ1) is 12.6. The fourth-order valence-electron chi connectivity index (χ4n) is 2.53. The lowest BCUT2D eigenvalue weighted by atomic mass is 9.85. The Kier molecular flexibility index (Phi) is 3.85. The van der Waals surface area contributed by atoms with Gasteiger partial charge in [-0.2, -0.15) is 0 Å². The highest BCUT2D eigenvalue weighted by Crippen LogP contribution is 2.35. The Balaban J connectivity index is 2.19. The third kappa shape index (κ3) is 2.70. The molecule has 0 saturated carbocycles. The van der Waals surface area contributed by atoms with Crippen LogP contribution in [-0.2, 0) is 11.2 Å². The van der Waals surface area contributed by atoms with Crippen molar-refractivity contribution in [1.29, 1.82) is 0 Å². The summed E-state index contributed by atoms with van der Waals surface area (Å²) in [4.78, 5) is 0. The van der Waals surface area contributed by atoms with Gasteiger partial charge in [-0.3, -0.25) is 0 Å². The van der Waals surface area contributed by atoms with Gasteiger partial charge >= 0.3 is 0 Å². The minimum absolute atomic E-state index is 0.0600. The molecule has 1 aliphatic heterocycles. The van der Waals surface area contributed by atoms with Crippen LogP contribution in [0, 0.1) is 0 Å². The zero-order chi connectivity index (χ0) is 12.3. The van der Waals surface area contributed by atoms with Crippen LogP contribution in [0.25, 0.3) is 0 Å². The third-order valence-electron chi connectivity index (χ3n) is 3.97. The lowest BCUT2D eigenvalue weighted by Gasteiger charge is -2.33. The fraction of sp³-hybridized carbons (Fsp3) is 0.600. The molecule has 1 aromatic rings. The molecule has 1 aliphatic rings. The first-order valence-corrected chi connectivity index (χ1v) is 6.60. The number of hydrogen-bond acceptors (Lipinski definition) is 2. The van der Waals surface area contributed by atoms with Gasteiger partial charge in [0.15, 0.2) is 0 Å². The molecule has 0 fully saturated rings. The van der Waals surface area contributed by atoms with Crippen LogP contribution in [0.3, 0.4) is 0 Å². The van der Waals surface area contributed by atoms with Crippen LogP contribution in [0.2, 0.25) is 0 Å². The molecule has 0 saturated heterocycles. The highest BCUT2D eigenvalue weighted by molar-refractivity contribution is 5.31. The minimum atomic E-state index is -0.588. The van der Waals surface area contributed by atoms with E-state index in [0.717, 1.165) is 25.9 Å². The first-order chi connectivity index (χ1) is 8.18. The molecule has 94 valence electrons. The Labute approximate surface area is 104 Å². The molecule has 1 heterocycles. The molecule has 17 heavy (non-hydrogen) atoms. The number of hydrogen-bond donors (Lipinski definition) is 1. The molecule has 2 rings (SSSR count). The van der Waals surface area contributed by atoms with Crippen molar-refractivity contribution in [3.63, 3.8) is 0 Å². The summed E-state index contributed by atoms with van der Waals surface area (Å²) in [6.07, 6.45) is 3.32. The van der Waals surface area contributed by atoms with E-state index in [0.29, 0.717) is 6.42 Å².